The molecule has 0 atom stereocenters. The molecule has 0 aromatic heterocycles. The van der Waals surface area contributed by atoms with Crippen LogP contribution in [-0.2, 0) is 14.3 Å². The van der Waals surface area contributed by atoms with Crippen LogP contribution in [0.4, 0.5) is 13.2 Å². The Hall–Kier alpha value is -0.970. The zero-order valence-electron chi connectivity index (χ0n) is 4.92. The SMILES string of the molecule is N#COS(=O)(=O)CC(F)(F)F. The number of halogens is 3. The topological polar surface area (TPSA) is 67.2 Å². The first-order valence-corrected chi connectivity index (χ1v) is 3.71. The zero-order chi connectivity index (χ0) is 9.12. The van der Waals surface area contributed by atoms with Gasteiger partial charge < -0.3 is 4.18 Å². The van der Waals surface area contributed by atoms with Crippen molar-refractivity contribution < 1.29 is 25.8 Å². The fourth-order valence-electron chi connectivity index (χ4n) is 0.287. The predicted molar refractivity (Wildman–Crippen MR) is 26.5 cm³/mol. The monoisotopic (exact) mass is 189 g/mol. The molecule has 4 nitrogen and oxygen atoms in total. The van der Waals surface area contributed by atoms with Gasteiger partial charge in [-0.15, -0.1) is 5.26 Å². The molecule has 0 N–H and O–H groups in total. The standard InChI is InChI=1S/C3H2F3NO3S/c4-3(5,6)1-11(8,9)10-2-7/h1H2. The molecule has 11 heavy (non-hydrogen) atoms. The summed E-state index contributed by atoms with van der Waals surface area (Å²) in [4.78, 5) is 0. The molecule has 0 aliphatic rings. The van der Waals surface area contributed by atoms with Crippen LogP contribution in [0.2, 0.25) is 0 Å². The zero-order valence-corrected chi connectivity index (χ0v) is 5.74. The van der Waals surface area contributed by atoms with Crippen molar-refractivity contribution in [3.63, 3.8) is 0 Å². The molecule has 0 saturated carbocycles. The summed E-state index contributed by atoms with van der Waals surface area (Å²) in [6, 6.07) is 0. The minimum atomic E-state index is -4.88. The van der Waals surface area contributed by atoms with Crippen LogP contribution in [0.5, 0.6) is 0 Å². The van der Waals surface area contributed by atoms with Crippen molar-refractivity contribution in [1.29, 1.82) is 5.26 Å². The van der Waals surface area contributed by atoms with Gasteiger partial charge in [-0.05, 0) is 0 Å². The van der Waals surface area contributed by atoms with E-state index in [2.05, 4.69) is 4.18 Å². The molecule has 0 rings (SSSR count). The summed E-state index contributed by atoms with van der Waals surface area (Å²) in [5.41, 5.74) is 0. The summed E-state index contributed by atoms with van der Waals surface area (Å²) in [7, 11) is -4.78. The second kappa shape index (κ2) is 2.96. The first-order valence-electron chi connectivity index (χ1n) is 2.14. The maximum absolute atomic E-state index is 11.3. The Morgan fingerprint density at radius 3 is 2.18 bits per heavy atom. The molecule has 8 heteroatoms. The quantitative estimate of drug-likeness (QED) is 0.465. The van der Waals surface area contributed by atoms with Crippen LogP contribution >= 0.6 is 0 Å². The normalized spacial score (nSPS) is 12.2. The number of nitrogens with zero attached hydrogens (tertiary/aromatic N) is 1. The van der Waals surface area contributed by atoms with Gasteiger partial charge in [0, 0.05) is 0 Å². The predicted octanol–water partition coefficient (Wildman–Crippen LogP) is 0.376. The third-order valence-corrected chi connectivity index (χ3v) is 1.51. The van der Waals surface area contributed by atoms with E-state index in [0.717, 1.165) is 0 Å². The fourth-order valence-corrected chi connectivity index (χ4v) is 0.860. The summed E-state index contributed by atoms with van der Waals surface area (Å²) >= 11 is 0. The summed E-state index contributed by atoms with van der Waals surface area (Å²) in [5.74, 6) is -2.15. The summed E-state index contributed by atoms with van der Waals surface area (Å²) in [6.45, 7) is 0. The van der Waals surface area contributed by atoms with E-state index in [4.69, 9.17) is 5.26 Å². The number of hydrogen-bond donors (Lipinski definition) is 0. The van der Waals surface area contributed by atoms with Crippen molar-refractivity contribution in [3.05, 3.63) is 0 Å². The van der Waals surface area contributed by atoms with E-state index in [1.165, 1.54) is 0 Å². The first-order chi connectivity index (χ1) is 4.77. The van der Waals surface area contributed by atoms with Crippen molar-refractivity contribution >= 4 is 10.1 Å². The lowest BCUT2D eigenvalue weighted by atomic mass is 10.8. The molecule has 64 valence electrons. The van der Waals surface area contributed by atoms with Crippen molar-refractivity contribution in [2.75, 3.05) is 5.75 Å². The third-order valence-electron chi connectivity index (χ3n) is 0.505. The Morgan fingerprint density at radius 2 is 1.91 bits per heavy atom. The smallest absolute Gasteiger partial charge is 0.302 e. The largest absolute Gasteiger partial charge is 0.406 e. The van der Waals surface area contributed by atoms with Gasteiger partial charge in [-0.2, -0.15) is 21.6 Å². The van der Waals surface area contributed by atoms with Gasteiger partial charge in [0.05, 0.1) is 0 Å². The highest BCUT2D eigenvalue weighted by Gasteiger charge is 2.36. The van der Waals surface area contributed by atoms with E-state index in [0.29, 0.717) is 6.26 Å². The lowest BCUT2D eigenvalue weighted by Crippen LogP contribution is -2.23. The van der Waals surface area contributed by atoms with E-state index >= 15 is 0 Å². The molecule has 0 spiro atoms. The summed E-state index contributed by atoms with van der Waals surface area (Å²) < 4.78 is 57.2. The molecular formula is C3H2F3NO3S. The Labute approximate surface area is 60.3 Å². The van der Waals surface area contributed by atoms with Gasteiger partial charge in [0.1, 0.15) is 0 Å². The number of rotatable bonds is 2. The van der Waals surface area contributed by atoms with E-state index < -0.39 is 22.0 Å². The summed E-state index contributed by atoms with van der Waals surface area (Å²) in [6.07, 6.45) is -4.24. The Balaban J connectivity index is 4.30. The molecule has 0 radical (unpaired) electrons. The van der Waals surface area contributed by atoms with Gasteiger partial charge in [0.25, 0.3) is 0 Å². The van der Waals surface area contributed by atoms with Gasteiger partial charge >= 0.3 is 22.5 Å². The second-order valence-electron chi connectivity index (χ2n) is 1.49. The number of nitriles is 1. The van der Waals surface area contributed by atoms with E-state index in [1.54, 1.807) is 0 Å². The molecule has 0 aromatic carbocycles. The Kier molecular flexibility index (Phi) is 2.70. The van der Waals surface area contributed by atoms with Crippen LogP contribution in [0.15, 0.2) is 0 Å². The van der Waals surface area contributed by atoms with E-state index in [9.17, 15) is 21.6 Å². The minimum absolute atomic E-state index is 0.643. The van der Waals surface area contributed by atoms with Crippen LogP contribution < -0.4 is 0 Å². The Bertz CT molecular complexity index is 261. The minimum Gasteiger partial charge on any atom is -0.302 e. The molecule has 0 heterocycles. The van der Waals surface area contributed by atoms with Gasteiger partial charge in [0.2, 0.25) is 0 Å². The lowest BCUT2D eigenvalue weighted by Gasteiger charge is -2.02. The van der Waals surface area contributed by atoms with Crippen LogP contribution in [0.3, 0.4) is 0 Å². The number of alkyl halides is 3. The molecular weight excluding hydrogens is 187 g/mol. The maximum Gasteiger partial charge on any atom is 0.406 e. The first kappa shape index (κ1) is 10.0. The van der Waals surface area contributed by atoms with Gasteiger partial charge in [0.15, 0.2) is 5.75 Å². The highest BCUT2D eigenvalue weighted by atomic mass is 32.2. The van der Waals surface area contributed by atoms with Crippen molar-refractivity contribution in [2.24, 2.45) is 0 Å². The maximum atomic E-state index is 11.3. The molecule has 0 amide bonds. The third kappa shape index (κ3) is 5.47. The molecule has 0 saturated heterocycles. The van der Waals surface area contributed by atoms with Gasteiger partial charge in [-0.25, -0.2) is 0 Å². The lowest BCUT2D eigenvalue weighted by molar-refractivity contribution is -0.107. The second-order valence-corrected chi connectivity index (χ2v) is 3.06. The van der Waals surface area contributed by atoms with Crippen LogP contribution in [0, 0.1) is 11.5 Å². The van der Waals surface area contributed by atoms with Gasteiger partial charge in [-0.1, -0.05) is 0 Å². The molecule has 0 fully saturated rings. The van der Waals surface area contributed by atoms with Crippen molar-refractivity contribution in [1.82, 2.24) is 0 Å². The van der Waals surface area contributed by atoms with Crippen LogP contribution in [-0.4, -0.2) is 20.3 Å². The van der Waals surface area contributed by atoms with Crippen LogP contribution in [0.1, 0.15) is 0 Å². The fraction of sp³-hybridized carbons (Fsp3) is 0.667. The van der Waals surface area contributed by atoms with E-state index in [1.807, 2.05) is 0 Å². The van der Waals surface area contributed by atoms with E-state index in [-0.39, 0.29) is 0 Å². The molecule has 0 aromatic rings. The van der Waals surface area contributed by atoms with Crippen molar-refractivity contribution in [3.8, 4) is 6.26 Å². The Morgan fingerprint density at radius 1 is 1.45 bits per heavy atom. The molecule has 0 aliphatic carbocycles. The molecule has 0 bridgehead atoms. The van der Waals surface area contributed by atoms with Crippen LogP contribution in [0.25, 0.3) is 0 Å². The van der Waals surface area contributed by atoms with Crippen molar-refractivity contribution in [2.45, 2.75) is 6.18 Å². The highest BCUT2D eigenvalue weighted by molar-refractivity contribution is 7.86. The van der Waals surface area contributed by atoms with Gasteiger partial charge in [-0.3, -0.25) is 0 Å². The average Bonchev–Trinajstić information content (AvgIpc) is 1.55. The highest BCUT2D eigenvalue weighted by Crippen LogP contribution is 2.17. The number of hydrogen-bond acceptors (Lipinski definition) is 4. The molecule has 0 unspecified atom stereocenters. The molecule has 0 aliphatic heterocycles. The average molecular weight is 189 g/mol. The summed E-state index contributed by atoms with van der Waals surface area (Å²) in [5, 5.41) is 7.58.